The summed E-state index contributed by atoms with van der Waals surface area (Å²) in [6.45, 7) is 8.64. The van der Waals surface area contributed by atoms with Crippen molar-refractivity contribution in [1.82, 2.24) is 4.98 Å². The molecule has 0 bridgehead atoms. The van der Waals surface area contributed by atoms with Crippen LogP contribution in [-0.4, -0.2) is 27.8 Å². The monoisotopic (exact) mass is 476 g/mol. The van der Waals surface area contributed by atoms with E-state index in [2.05, 4.69) is 4.98 Å². The number of benzene rings is 2. The number of aliphatic hydroxyl groups is 1. The fourth-order valence-corrected chi connectivity index (χ4v) is 5.16. The molecule has 0 spiro atoms. The Hall–Kier alpha value is -3.78. The molecule has 8 heteroatoms. The Morgan fingerprint density at radius 1 is 1.06 bits per heavy atom. The zero-order valence-corrected chi connectivity index (χ0v) is 20.3. The van der Waals surface area contributed by atoms with E-state index in [0.29, 0.717) is 26.8 Å². The Kier molecular flexibility index (Phi) is 6.10. The van der Waals surface area contributed by atoms with E-state index >= 15 is 0 Å². The summed E-state index contributed by atoms with van der Waals surface area (Å²) in [6.07, 6.45) is 0. The van der Waals surface area contributed by atoms with Crippen molar-refractivity contribution in [3.05, 3.63) is 86.1 Å². The van der Waals surface area contributed by atoms with Crippen molar-refractivity contribution in [2.24, 2.45) is 0 Å². The van der Waals surface area contributed by atoms with Crippen molar-refractivity contribution in [1.29, 1.82) is 0 Å². The molecular weight excluding hydrogens is 452 g/mol. The second-order valence-corrected chi connectivity index (χ2v) is 9.53. The molecule has 1 aromatic heterocycles. The highest BCUT2D eigenvalue weighted by molar-refractivity contribution is 7.14. The number of carbonyl (C=O) groups excluding carboxylic acids is 3. The molecule has 0 radical (unpaired) electrons. The number of carbonyl (C=O) groups is 3. The normalized spacial score (nSPS) is 15.7. The lowest BCUT2D eigenvalue weighted by Gasteiger charge is -2.27. The first-order chi connectivity index (χ1) is 16.1. The fourth-order valence-electron chi connectivity index (χ4n) is 4.29. The molecule has 1 unspecified atom stereocenters. The van der Waals surface area contributed by atoms with Crippen molar-refractivity contribution in [3.8, 4) is 5.75 Å². The predicted molar refractivity (Wildman–Crippen MR) is 129 cm³/mol. The summed E-state index contributed by atoms with van der Waals surface area (Å²) in [5.41, 5.74) is 3.45. The van der Waals surface area contributed by atoms with Crippen LogP contribution in [0.5, 0.6) is 5.75 Å². The van der Waals surface area contributed by atoms with Gasteiger partial charge in [-0.1, -0.05) is 18.2 Å². The molecule has 34 heavy (non-hydrogen) atoms. The lowest BCUT2D eigenvalue weighted by atomic mass is 9.94. The van der Waals surface area contributed by atoms with E-state index in [1.807, 2.05) is 32.0 Å². The van der Waals surface area contributed by atoms with Crippen LogP contribution in [0, 0.1) is 27.7 Å². The van der Waals surface area contributed by atoms with Crippen LogP contribution in [0.25, 0.3) is 0 Å². The van der Waals surface area contributed by atoms with E-state index in [-0.39, 0.29) is 11.3 Å². The zero-order chi connectivity index (χ0) is 24.7. The summed E-state index contributed by atoms with van der Waals surface area (Å²) in [7, 11) is 0. The Bertz CT molecular complexity index is 1350. The third-order valence-electron chi connectivity index (χ3n) is 5.48. The average molecular weight is 477 g/mol. The summed E-state index contributed by atoms with van der Waals surface area (Å²) in [5, 5.41) is 11.7. The number of ketones is 1. The maximum Gasteiger partial charge on any atom is 0.308 e. The fraction of sp³-hybridized carbons (Fsp3) is 0.231. The number of hydrogen-bond acceptors (Lipinski definition) is 7. The molecule has 1 N–H and O–H groups in total. The van der Waals surface area contributed by atoms with Gasteiger partial charge in [0.25, 0.3) is 5.91 Å². The highest BCUT2D eigenvalue weighted by Crippen LogP contribution is 2.43. The molecule has 0 saturated heterocycles. The highest BCUT2D eigenvalue weighted by atomic mass is 32.1. The van der Waals surface area contributed by atoms with Gasteiger partial charge in [-0.3, -0.25) is 19.3 Å². The molecule has 4 rings (SSSR count). The molecule has 174 valence electrons. The van der Waals surface area contributed by atoms with Crippen LogP contribution in [0.15, 0.2) is 53.8 Å². The number of Topliss-reactive ketones (excluding diaryl/α,β-unsaturated/α-hetero) is 1. The molecule has 0 fully saturated rings. The minimum Gasteiger partial charge on any atom is -0.503 e. The number of nitrogens with zero attached hydrogens (tertiary/aromatic N) is 2. The van der Waals surface area contributed by atoms with Crippen LogP contribution < -0.4 is 9.64 Å². The van der Waals surface area contributed by atoms with Crippen LogP contribution in [0.1, 0.15) is 50.0 Å². The topological polar surface area (TPSA) is 96.8 Å². The number of rotatable bonds is 5. The lowest BCUT2D eigenvalue weighted by molar-refractivity contribution is -0.131. The maximum absolute atomic E-state index is 13.7. The van der Waals surface area contributed by atoms with E-state index < -0.39 is 29.5 Å². The second-order valence-electron chi connectivity index (χ2n) is 8.33. The summed E-state index contributed by atoms with van der Waals surface area (Å²) in [6, 6.07) is 11.3. The van der Waals surface area contributed by atoms with Crippen LogP contribution in [0.4, 0.5) is 5.69 Å². The largest absolute Gasteiger partial charge is 0.503 e. The first-order valence-electron chi connectivity index (χ1n) is 10.7. The van der Waals surface area contributed by atoms with Gasteiger partial charge in [-0.05, 0) is 68.7 Å². The average Bonchev–Trinajstić information content (AvgIpc) is 3.22. The Balaban J connectivity index is 1.92. The van der Waals surface area contributed by atoms with Gasteiger partial charge in [0, 0.05) is 12.6 Å². The standard InChI is InChI=1S/C26H24N2O5S/c1-13-9-14(2)11-19(10-13)28-22(18-7-6-8-20(12-18)33-17(5)29)21(24(31)26(28)32)23(30)25-15(3)27-16(4)34-25/h6-12,22,31H,1-5H3. The van der Waals surface area contributed by atoms with Gasteiger partial charge in [0.1, 0.15) is 5.75 Å². The number of hydrogen-bond donors (Lipinski definition) is 1. The molecule has 3 aromatic rings. The number of esters is 1. The minimum atomic E-state index is -0.918. The van der Waals surface area contributed by atoms with E-state index in [1.165, 1.54) is 23.2 Å². The van der Waals surface area contributed by atoms with Gasteiger partial charge in [0.15, 0.2) is 5.76 Å². The zero-order valence-electron chi connectivity index (χ0n) is 19.5. The maximum atomic E-state index is 13.7. The van der Waals surface area contributed by atoms with Crippen molar-refractivity contribution in [2.45, 2.75) is 40.7 Å². The van der Waals surface area contributed by atoms with E-state index in [1.54, 1.807) is 38.1 Å². The molecule has 2 aromatic carbocycles. The van der Waals surface area contributed by atoms with E-state index in [0.717, 1.165) is 11.1 Å². The SMILES string of the molecule is CC(=O)Oc1cccc(C2C(C(=O)c3sc(C)nc3C)=C(O)C(=O)N2c2cc(C)cc(C)c2)c1. The molecule has 0 aliphatic carbocycles. The Labute approximate surface area is 201 Å². The summed E-state index contributed by atoms with van der Waals surface area (Å²) in [4.78, 5) is 44.7. The minimum absolute atomic E-state index is 0.0316. The number of aromatic nitrogens is 1. The van der Waals surface area contributed by atoms with Crippen molar-refractivity contribution in [2.75, 3.05) is 4.90 Å². The molecule has 2 heterocycles. The first kappa shape index (κ1) is 23.4. The van der Waals surface area contributed by atoms with Crippen LogP contribution in [-0.2, 0) is 9.59 Å². The first-order valence-corrected chi connectivity index (χ1v) is 11.5. The van der Waals surface area contributed by atoms with Gasteiger partial charge in [-0.25, -0.2) is 4.98 Å². The number of amides is 1. The number of aryl methyl sites for hydroxylation is 4. The van der Waals surface area contributed by atoms with Crippen LogP contribution in [0.3, 0.4) is 0 Å². The molecule has 1 atom stereocenters. The number of anilines is 1. The highest BCUT2D eigenvalue weighted by Gasteiger charge is 2.45. The second kappa shape index (κ2) is 8.87. The number of ether oxygens (including phenoxy) is 1. The molecular formula is C26H24N2O5S. The summed E-state index contributed by atoms with van der Waals surface area (Å²) >= 11 is 1.22. The van der Waals surface area contributed by atoms with Gasteiger partial charge in [0.05, 0.1) is 27.2 Å². The Morgan fingerprint density at radius 2 is 1.74 bits per heavy atom. The van der Waals surface area contributed by atoms with Crippen molar-refractivity contribution in [3.63, 3.8) is 0 Å². The smallest absolute Gasteiger partial charge is 0.308 e. The van der Waals surface area contributed by atoms with E-state index in [9.17, 15) is 19.5 Å². The molecule has 0 saturated carbocycles. The van der Waals surface area contributed by atoms with Gasteiger partial charge in [-0.2, -0.15) is 0 Å². The Morgan fingerprint density at radius 3 is 2.32 bits per heavy atom. The van der Waals surface area contributed by atoms with Gasteiger partial charge < -0.3 is 9.84 Å². The third kappa shape index (κ3) is 4.24. The molecule has 7 nitrogen and oxygen atoms in total. The third-order valence-corrected chi connectivity index (χ3v) is 6.55. The van der Waals surface area contributed by atoms with Gasteiger partial charge in [0.2, 0.25) is 5.78 Å². The summed E-state index contributed by atoms with van der Waals surface area (Å²) in [5.74, 6) is -1.94. The van der Waals surface area contributed by atoms with Crippen LogP contribution >= 0.6 is 11.3 Å². The number of aliphatic hydroxyl groups excluding tert-OH is 1. The van der Waals surface area contributed by atoms with Crippen molar-refractivity contribution >= 4 is 34.7 Å². The van der Waals surface area contributed by atoms with Crippen LogP contribution in [0.2, 0.25) is 0 Å². The molecule has 1 aliphatic rings. The van der Waals surface area contributed by atoms with E-state index in [4.69, 9.17) is 4.74 Å². The quantitative estimate of drug-likeness (QED) is 0.313. The lowest BCUT2D eigenvalue weighted by Crippen LogP contribution is -2.31. The molecule has 1 aliphatic heterocycles. The summed E-state index contributed by atoms with van der Waals surface area (Å²) < 4.78 is 5.24. The van der Waals surface area contributed by atoms with Crippen molar-refractivity contribution < 1.29 is 24.2 Å². The van der Waals surface area contributed by atoms with Gasteiger partial charge >= 0.3 is 5.97 Å². The predicted octanol–water partition coefficient (Wildman–Crippen LogP) is 5.08. The number of thiazole rings is 1. The van der Waals surface area contributed by atoms with Gasteiger partial charge in [-0.15, -0.1) is 11.3 Å². The molecule has 1 amide bonds.